The van der Waals surface area contributed by atoms with E-state index in [4.69, 9.17) is 0 Å². The first-order chi connectivity index (χ1) is 8.08. The first kappa shape index (κ1) is 13.3. The Labute approximate surface area is 104 Å². The van der Waals surface area contributed by atoms with Crippen LogP contribution in [-0.4, -0.2) is 44.9 Å². The summed E-state index contributed by atoms with van der Waals surface area (Å²) in [5.74, 6) is 0. The predicted molar refractivity (Wildman–Crippen MR) is 68.0 cm³/mol. The molecule has 0 saturated heterocycles. The summed E-state index contributed by atoms with van der Waals surface area (Å²) in [5.41, 5.74) is 0. The number of rotatable bonds is 8. The minimum absolute atomic E-state index is 0.173. The molecule has 2 saturated carbocycles. The largest absolute Gasteiger partial charge is 0.314 e. The maximum Gasteiger partial charge on any atom is 0.279 e. The van der Waals surface area contributed by atoms with E-state index >= 15 is 0 Å². The Morgan fingerprint density at radius 2 is 1.88 bits per heavy atom. The molecule has 2 aliphatic carbocycles. The molecule has 0 bridgehead atoms. The summed E-state index contributed by atoms with van der Waals surface area (Å²) in [5, 5.41) is 3.38. The fourth-order valence-electron chi connectivity index (χ4n) is 1.84. The van der Waals surface area contributed by atoms with Crippen LogP contribution in [0.25, 0.3) is 0 Å². The van der Waals surface area contributed by atoms with E-state index in [0.29, 0.717) is 12.6 Å². The maximum absolute atomic E-state index is 11.9. The molecule has 0 radical (unpaired) electrons. The molecule has 6 heteroatoms. The fourth-order valence-corrected chi connectivity index (χ4v) is 3.05. The van der Waals surface area contributed by atoms with Crippen LogP contribution in [0, 0.1) is 0 Å². The highest BCUT2D eigenvalue weighted by molar-refractivity contribution is 7.87. The van der Waals surface area contributed by atoms with Crippen LogP contribution in [0.5, 0.6) is 0 Å². The van der Waals surface area contributed by atoms with Crippen LogP contribution >= 0.6 is 0 Å². The van der Waals surface area contributed by atoms with E-state index in [2.05, 4.69) is 10.0 Å². The van der Waals surface area contributed by atoms with Crippen LogP contribution < -0.4 is 10.0 Å². The molecule has 0 aromatic carbocycles. The zero-order chi connectivity index (χ0) is 12.3. The molecule has 0 heterocycles. The summed E-state index contributed by atoms with van der Waals surface area (Å²) in [4.78, 5) is 0. The molecule has 0 aliphatic heterocycles. The third-order valence-corrected chi connectivity index (χ3v) is 5.13. The standard InChI is InChI=1S/C11H23N3O2S/c1-14(9-3-8-12-10-6-7-10)17(15,16)13-11-4-2-5-11/h10-13H,2-9H2,1H3. The van der Waals surface area contributed by atoms with Gasteiger partial charge in [-0.2, -0.15) is 17.4 Å². The molecule has 0 spiro atoms. The molecular weight excluding hydrogens is 238 g/mol. The van der Waals surface area contributed by atoms with E-state index in [1.165, 1.54) is 17.1 Å². The van der Waals surface area contributed by atoms with Crippen LogP contribution in [0.2, 0.25) is 0 Å². The van der Waals surface area contributed by atoms with Crippen molar-refractivity contribution in [1.29, 1.82) is 0 Å². The fraction of sp³-hybridized carbons (Fsp3) is 1.00. The Morgan fingerprint density at radius 3 is 2.41 bits per heavy atom. The van der Waals surface area contributed by atoms with Gasteiger partial charge in [0.15, 0.2) is 0 Å². The van der Waals surface area contributed by atoms with Gasteiger partial charge in [0.05, 0.1) is 0 Å². The number of hydrogen-bond acceptors (Lipinski definition) is 3. The van der Waals surface area contributed by atoms with Crippen molar-refractivity contribution in [2.45, 2.75) is 50.6 Å². The average Bonchev–Trinajstić information content (AvgIpc) is 3.02. The summed E-state index contributed by atoms with van der Waals surface area (Å²) >= 11 is 0. The Kier molecular flexibility index (Phi) is 4.41. The Balaban J connectivity index is 1.63. The van der Waals surface area contributed by atoms with Gasteiger partial charge in [0.25, 0.3) is 10.2 Å². The van der Waals surface area contributed by atoms with Gasteiger partial charge in [0, 0.05) is 25.7 Å². The first-order valence-electron chi connectivity index (χ1n) is 6.55. The van der Waals surface area contributed by atoms with E-state index in [1.54, 1.807) is 7.05 Å². The third-order valence-electron chi connectivity index (χ3n) is 3.49. The molecule has 2 fully saturated rings. The number of nitrogens with zero attached hydrogens (tertiary/aromatic N) is 1. The molecule has 2 N–H and O–H groups in total. The van der Waals surface area contributed by atoms with Gasteiger partial charge in [-0.1, -0.05) is 6.42 Å². The SMILES string of the molecule is CN(CCCNC1CC1)S(=O)(=O)NC1CCC1. The number of nitrogens with one attached hydrogen (secondary N) is 2. The highest BCUT2D eigenvalue weighted by atomic mass is 32.2. The molecule has 5 nitrogen and oxygen atoms in total. The van der Waals surface area contributed by atoms with E-state index in [9.17, 15) is 8.42 Å². The van der Waals surface area contributed by atoms with Crippen molar-refractivity contribution in [1.82, 2.24) is 14.3 Å². The smallest absolute Gasteiger partial charge is 0.279 e. The average molecular weight is 261 g/mol. The lowest BCUT2D eigenvalue weighted by molar-refractivity contribution is 0.364. The summed E-state index contributed by atoms with van der Waals surface area (Å²) in [7, 11) is -1.60. The first-order valence-corrected chi connectivity index (χ1v) is 7.99. The Morgan fingerprint density at radius 1 is 1.18 bits per heavy atom. The molecule has 17 heavy (non-hydrogen) atoms. The molecule has 2 aliphatic rings. The van der Waals surface area contributed by atoms with Crippen LogP contribution in [0.1, 0.15) is 38.5 Å². The van der Waals surface area contributed by atoms with E-state index < -0.39 is 10.2 Å². The minimum Gasteiger partial charge on any atom is -0.314 e. The molecule has 0 aromatic heterocycles. The van der Waals surface area contributed by atoms with Crippen LogP contribution in [-0.2, 0) is 10.2 Å². The zero-order valence-electron chi connectivity index (χ0n) is 10.5. The quantitative estimate of drug-likeness (QED) is 0.624. The third kappa shape index (κ3) is 4.21. The van der Waals surface area contributed by atoms with E-state index in [1.807, 2.05) is 0 Å². The highest BCUT2D eigenvalue weighted by Gasteiger charge is 2.26. The molecule has 0 unspecified atom stereocenters. The van der Waals surface area contributed by atoms with Crippen molar-refractivity contribution >= 4 is 10.2 Å². The second-order valence-corrected chi connectivity index (χ2v) is 6.96. The van der Waals surface area contributed by atoms with Crippen molar-refractivity contribution in [3.05, 3.63) is 0 Å². The predicted octanol–water partition coefficient (Wildman–Crippen LogP) is 0.447. The molecule has 0 aromatic rings. The lowest BCUT2D eigenvalue weighted by Crippen LogP contribution is -2.46. The van der Waals surface area contributed by atoms with Gasteiger partial charge < -0.3 is 5.32 Å². The second kappa shape index (κ2) is 5.65. The number of hydrogen-bond donors (Lipinski definition) is 2. The lowest BCUT2D eigenvalue weighted by atomic mass is 9.94. The summed E-state index contributed by atoms with van der Waals surface area (Å²) in [6, 6.07) is 0.872. The van der Waals surface area contributed by atoms with Crippen molar-refractivity contribution in [3.8, 4) is 0 Å². The van der Waals surface area contributed by atoms with Gasteiger partial charge >= 0.3 is 0 Å². The topological polar surface area (TPSA) is 61.4 Å². The highest BCUT2D eigenvalue weighted by Crippen LogP contribution is 2.19. The van der Waals surface area contributed by atoms with Crippen molar-refractivity contribution in [2.24, 2.45) is 0 Å². The lowest BCUT2D eigenvalue weighted by Gasteiger charge is -2.28. The molecule has 2 rings (SSSR count). The second-order valence-electron chi connectivity index (χ2n) is 5.15. The Bertz CT molecular complexity index is 337. The monoisotopic (exact) mass is 261 g/mol. The molecule has 100 valence electrons. The van der Waals surface area contributed by atoms with Gasteiger partial charge in [-0.05, 0) is 38.6 Å². The molecular formula is C11H23N3O2S. The summed E-state index contributed by atoms with van der Waals surface area (Å²) < 4.78 is 27.9. The molecule has 0 amide bonds. The Hall–Kier alpha value is -0.170. The van der Waals surface area contributed by atoms with Crippen molar-refractivity contribution in [3.63, 3.8) is 0 Å². The van der Waals surface area contributed by atoms with Crippen molar-refractivity contribution < 1.29 is 8.42 Å². The van der Waals surface area contributed by atoms with Crippen molar-refractivity contribution in [2.75, 3.05) is 20.1 Å². The minimum atomic E-state index is -3.25. The molecule has 0 atom stereocenters. The van der Waals surface area contributed by atoms with E-state index in [-0.39, 0.29) is 6.04 Å². The van der Waals surface area contributed by atoms with Gasteiger partial charge in [0.1, 0.15) is 0 Å². The van der Waals surface area contributed by atoms with Gasteiger partial charge in [0.2, 0.25) is 0 Å². The van der Waals surface area contributed by atoms with Gasteiger partial charge in [-0.3, -0.25) is 0 Å². The van der Waals surface area contributed by atoms with Gasteiger partial charge in [-0.15, -0.1) is 0 Å². The maximum atomic E-state index is 11.9. The normalized spacial score (nSPS) is 21.8. The van der Waals surface area contributed by atoms with Crippen LogP contribution in [0.15, 0.2) is 0 Å². The van der Waals surface area contributed by atoms with Gasteiger partial charge in [-0.25, -0.2) is 0 Å². The van der Waals surface area contributed by atoms with Crippen LogP contribution in [0.3, 0.4) is 0 Å². The van der Waals surface area contributed by atoms with Crippen LogP contribution in [0.4, 0.5) is 0 Å². The summed E-state index contributed by atoms with van der Waals surface area (Å²) in [6.45, 7) is 1.50. The zero-order valence-corrected chi connectivity index (χ0v) is 11.3. The van der Waals surface area contributed by atoms with E-state index in [0.717, 1.165) is 32.2 Å². The summed E-state index contributed by atoms with van der Waals surface area (Å²) in [6.07, 6.45) is 6.53.